The summed E-state index contributed by atoms with van der Waals surface area (Å²) in [6.07, 6.45) is -6.02. The molecule has 0 aliphatic carbocycles. The summed E-state index contributed by atoms with van der Waals surface area (Å²) in [7, 11) is -0.712. The van der Waals surface area contributed by atoms with Crippen LogP contribution in [0.25, 0.3) is 66.6 Å². The van der Waals surface area contributed by atoms with Crippen molar-refractivity contribution in [3.8, 4) is 45.0 Å². The van der Waals surface area contributed by atoms with Gasteiger partial charge in [-0.25, -0.2) is 0 Å². The summed E-state index contributed by atoms with van der Waals surface area (Å²) in [5.41, 5.74) is 5.43. The van der Waals surface area contributed by atoms with E-state index in [1.165, 1.54) is 0 Å². The summed E-state index contributed by atoms with van der Waals surface area (Å²) in [5.74, 6) is 0.688. The first-order chi connectivity index (χ1) is 39.0. The summed E-state index contributed by atoms with van der Waals surface area (Å²) in [6.45, 7) is 27.2. The van der Waals surface area contributed by atoms with Crippen molar-refractivity contribution in [3.63, 3.8) is 0 Å². The molecule has 6 aromatic carbocycles. The van der Waals surface area contributed by atoms with E-state index < -0.39 is 23.7 Å². The van der Waals surface area contributed by atoms with Crippen molar-refractivity contribution in [2.24, 2.45) is 0 Å². The largest absolute Gasteiger partial charge is 2.00 e. The summed E-state index contributed by atoms with van der Waals surface area (Å²) in [4.78, 5) is 8.73. The number of alkyl halides is 6. The zero-order valence-electron chi connectivity index (χ0n) is 49.1. The molecule has 0 spiro atoms. The van der Waals surface area contributed by atoms with Crippen LogP contribution < -0.4 is 20.8 Å². The smallest absolute Gasteiger partial charge is 0.573 e. The maximum Gasteiger partial charge on any atom is 2.00 e. The van der Waals surface area contributed by atoms with Gasteiger partial charge in [0, 0.05) is 39.0 Å². The molecule has 0 bridgehead atoms. The second-order valence-electron chi connectivity index (χ2n) is 22.1. The first kappa shape index (κ1) is 65.8. The molecular formula is C68H74F6N6OsP2+2. The van der Waals surface area contributed by atoms with Crippen molar-refractivity contribution >= 4 is 48.0 Å². The predicted molar refractivity (Wildman–Crippen MR) is 335 cm³/mol. The second-order valence-corrected chi connectivity index (χ2v) is 29.7. The number of nitrogens with zero attached hydrogens (tertiary/aromatic N) is 6. The van der Waals surface area contributed by atoms with Gasteiger partial charge in [-0.05, 0) is 148 Å². The van der Waals surface area contributed by atoms with Crippen LogP contribution in [0.4, 0.5) is 26.3 Å². The van der Waals surface area contributed by atoms with Crippen LogP contribution in [0.1, 0.15) is 117 Å². The molecule has 10 rings (SSSR count). The summed E-state index contributed by atoms with van der Waals surface area (Å²) in [6, 6.07) is 54.3. The fourth-order valence-electron chi connectivity index (χ4n) is 10.5. The van der Waals surface area contributed by atoms with Crippen molar-refractivity contribution in [1.29, 1.82) is 0 Å². The third-order valence-electron chi connectivity index (χ3n) is 14.2. The molecule has 83 heavy (non-hydrogen) atoms. The Kier molecular flexibility index (Phi) is 23.3. The third-order valence-corrected chi connectivity index (χ3v) is 21.1. The van der Waals surface area contributed by atoms with Gasteiger partial charge in [0.1, 0.15) is 11.4 Å². The van der Waals surface area contributed by atoms with Crippen LogP contribution >= 0.6 is 15.8 Å². The standard InChI is InChI=1S/2C22H17F3N3.2C12H19P.Os/c2*1-13(2)15-8-9-17-16(12-15)10-11-26-19(17)20-18(14-6-4-3-5-7-14)21(28-27-20)22(23,24)25;2*1-10(2)13(11(3)4)12-8-6-5-7-9-12;/h2*3-13H,1-2H3;2*5-11H,1-4H3;/q2*-1;;;+2/p+2. The molecule has 15 heteroatoms. The molecule has 0 amide bonds. The molecule has 434 valence electrons. The molecule has 6 nitrogen and oxygen atoms in total. The number of aromatic nitrogens is 6. The Morgan fingerprint density at radius 2 is 0.687 bits per heavy atom. The van der Waals surface area contributed by atoms with Gasteiger partial charge in [0.25, 0.3) is 0 Å². The van der Waals surface area contributed by atoms with Crippen molar-refractivity contribution < 1.29 is 46.1 Å². The van der Waals surface area contributed by atoms with E-state index >= 15 is 0 Å². The van der Waals surface area contributed by atoms with Gasteiger partial charge in [-0.15, -0.1) is 0 Å². The molecule has 0 saturated heterocycles. The summed E-state index contributed by atoms with van der Waals surface area (Å²) >= 11 is 0. The van der Waals surface area contributed by atoms with Gasteiger partial charge < -0.3 is 20.4 Å². The number of benzene rings is 6. The van der Waals surface area contributed by atoms with E-state index in [1.54, 1.807) is 83.7 Å². The third kappa shape index (κ3) is 16.5. The predicted octanol–water partition coefficient (Wildman–Crippen LogP) is 18.8. The normalized spacial score (nSPS) is 11.8. The Morgan fingerprint density at radius 3 is 0.964 bits per heavy atom. The maximum absolute atomic E-state index is 13.6. The average molecular weight is 1340 g/mol. The number of rotatable bonds is 12. The molecule has 4 heterocycles. The van der Waals surface area contributed by atoms with Crippen molar-refractivity contribution in [3.05, 3.63) is 205 Å². The van der Waals surface area contributed by atoms with Crippen LogP contribution in [0.2, 0.25) is 0 Å². The molecular weight excluding hydrogens is 1270 g/mol. The molecule has 0 atom stereocenters. The van der Waals surface area contributed by atoms with Gasteiger partial charge >= 0.3 is 32.1 Å². The van der Waals surface area contributed by atoms with Gasteiger partial charge in [0.2, 0.25) is 0 Å². The Morgan fingerprint density at radius 1 is 0.386 bits per heavy atom. The number of halogens is 6. The van der Waals surface area contributed by atoms with Crippen molar-refractivity contribution in [1.82, 2.24) is 30.4 Å². The molecule has 0 unspecified atom stereocenters. The van der Waals surface area contributed by atoms with E-state index in [1.807, 2.05) is 48.5 Å². The number of pyridine rings is 2. The Labute approximate surface area is 501 Å². The van der Waals surface area contributed by atoms with E-state index in [0.717, 1.165) is 55.3 Å². The van der Waals surface area contributed by atoms with Crippen LogP contribution in [0.15, 0.2) is 182 Å². The minimum atomic E-state index is -4.61. The van der Waals surface area contributed by atoms with Gasteiger partial charge in [-0.1, -0.05) is 173 Å². The Hall–Kier alpha value is -6.36. The topological polar surface area (TPSA) is 79.8 Å². The fraction of sp³-hybridized carbons (Fsp3) is 0.294. The number of hydrogen-bond acceptors (Lipinski definition) is 4. The molecule has 0 saturated carbocycles. The first-order valence-corrected chi connectivity index (χ1v) is 31.2. The van der Waals surface area contributed by atoms with Gasteiger partial charge in [0.15, 0.2) is 0 Å². The zero-order chi connectivity index (χ0) is 59.5. The number of hydrogen-bond donors (Lipinski definition) is 0. The van der Waals surface area contributed by atoms with Crippen molar-refractivity contribution in [2.45, 2.75) is 130 Å². The van der Waals surface area contributed by atoms with Crippen LogP contribution in [0, 0.1) is 0 Å². The second kappa shape index (κ2) is 29.4. The van der Waals surface area contributed by atoms with E-state index in [0.29, 0.717) is 34.4 Å². The Bertz CT molecular complexity index is 3350. The van der Waals surface area contributed by atoms with E-state index in [2.05, 4.69) is 174 Å². The quantitative estimate of drug-likeness (QED) is 0.0896. The van der Waals surface area contributed by atoms with Gasteiger partial charge in [-0.3, -0.25) is 9.97 Å². The molecule has 0 aliphatic rings. The van der Waals surface area contributed by atoms with Gasteiger partial charge in [-0.2, -0.15) is 26.3 Å². The molecule has 0 fully saturated rings. The first-order valence-electron chi connectivity index (χ1n) is 27.9. The van der Waals surface area contributed by atoms with E-state index in [9.17, 15) is 26.3 Å². The summed E-state index contributed by atoms with van der Waals surface area (Å²) in [5, 5.41) is 21.2. The average Bonchev–Trinajstić information content (AvgIpc) is 4.27. The Balaban J connectivity index is 0.000000188. The van der Waals surface area contributed by atoms with E-state index in [4.69, 9.17) is 0 Å². The van der Waals surface area contributed by atoms with Crippen LogP contribution in [-0.4, -0.2) is 42.8 Å². The minimum Gasteiger partial charge on any atom is -0.573 e. The zero-order valence-corrected chi connectivity index (χ0v) is 53.6. The minimum absolute atomic E-state index is 0. The van der Waals surface area contributed by atoms with Crippen LogP contribution in [0.5, 0.6) is 0 Å². The maximum atomic E-state index is 13.6. The summed E-state index contributed by atoms with van der Waals surface area (Å²) < 4.78 is 81.6. The molecule has 0 radical (unpaired) electrons. The van der Waals surface area contributed by atoms with Crippen LogP contribution in [0.3, 0.4) is 0 Å². The fourth-order valence-corrected chi connectivity index (χ4v) is 17.0. The molecule has 10 aromatic rings. The monoisotopic (exact) mass is 1340 g/mol. The van der Waals surface area contributed by atoms with Crippen molar-refractivity contribution in [2.75, 3.05) is 0 Å². The van der Waals surface area contributed by atoms with Crippen LogP contribution in [-0.2, 0) is 32.1 Å². The van der Waals surface area contributed by atoms with E-state index in [-0.39, 0.29) is 58.1 Å². The SMILES string of the molecule is CC(C)[PH+](c1ccccc1)C(C)C.CC(C)[PH+](c1ccccc1)C(C)C.CC(C)c1ccc2c(-c3[n-]nc(C(F)(F)F)c3-c3ccccc3)nccc2c1.CC(C)c1ccc2c(-c3[n-]nc(C(F)(F)F)c3-c3ccccc3)nccc2c1.[Os+2]. The van der Waals surface area contributed by atoms with Gasteiger partial charge in [0.05, 0.1) is 44.6 Å². The number of fused-ring (bicyclic) bond motifs is 2. The molecule has 4 aromatic heterocycles. The molecule has 0 aliphatic heterocycles. The molecule has 0 N–H and O–H groups in total.